The maximum atomic E-state index is 13.0. The number of carbonyl (C=O) groups is 1. The Labute approximate surface area is 115 Å². The molecule has 1 heterocycles. The molecular weight excluding hydrogens is 289 g/mol. The number of H-pyrrole nitrogens is 1. The van der Waals surface area contributed by atoms with Gasteiger partial charge < -0.3 is 15.8 Å². The Morgan fingerprint density at radius 1 is 1.24 bits per heavy atom. The van der Waals surface area contributed by atoms with Crippen LogP contribution in [0.1, 0.15) is 16.1 Å². The van der Waals surface area contributed by atoms with Gasteiger partial charge in [0, 0.05) is 5.56 Å². The normalized spacial score (nSPS) is 11.4. The Hall–Kier alpha value is -2.77. The van der Waals surface area contributed by atoms with Gasteiger partial charge in [0.25, 0.3) is 11.5 Å². The summed E-state index contributed by atoms with van der Waals surface area (Å²) in [6.45, 7) is 0. The van der Waals surface area contributed by atoms with Crippen LogP contribution in [0.5, 0.6) is 5.75 Å². The minimum atomic E-state index is -4.84. The quantitative estimate of drug-likeness (QED) is 0.789. The number of nitrogens with one attached hydrogen (secondary N) is 1. The molecule has 4 N–H and O–H groups in total. The number of carbonyl (C=O) groups excluding carboxylic acids is 1. The molecule has 2 aromatic rings. The molecular formula is C13H9F3N2O3. The van der Waals surface area contributed by atoms with Gasteiger partial charge in [0.1, 0.15) is 17.0 Å². The van der Waals surface area contributed by atoms with Crippen LogP contribution in [0.2, 0.25) is 0 Å². The molecule has 0 aliphatic carbocycles. The first kappa shape index (κ1) is 14.6. The van der Waals surface area contributed by atoms with Crippen molar-refractivity contribution in [3.05, 3.63) is 51.9 Å². The summed E-state index contributed by atoms with van der Waals surface area (Å²) in [6.07, 6.45) is -4.84. The van der Waals surface area contributed by atoms with Gasteiger partial charge in [0.2, 0.25) is 0 Å². The van der Waals surface area contributed by atoms with Crippen molar-refractivity contribution in [1.29, 1.82) is 0 Å². The number of hydrogen-bond acceptors (Lipinski definition) is 3. The predicted molar refractivity (Wildman–Crippen MR) is 67.7 cm³/mol. The van der Waals surface area contributed by atoms with Crippen LogP contribution in [0, 0.1) is 0 Å². The zero-order valence-electron chi connectivity index (χ0n) is 10.4. The highest BCUT2D eigenvalue weighted by atomic mass is 19.4. The first-order valence-corrected chi connectivity index (χ1v) is 5.64. The van der Waals surface area contributed by atoms with Crippen LogP contribution >= 0.6 is 0 Å². The van der Waals surface area contributed by atoms with Crippen molar-refractivity contribution in [2.75, 3.05) is 0 Å². The SMILES string of the molecule is NC(=O)c1cc(-c2cccc(O)c2)c(C(F)(F)F)[nH]c1=O. The number of aromatic amines is 1. The molecule has 0 atom stereocenters. The number of phenolic OH excluding ortho intramolecular Hbond substituents is 1. The Kier molecular flexibility index (Phi) is 3.46. The Morgan fingerprint density at radius 3 is 2.43 bits per heavy atom. The molecule has 0 fully saturated rings. The van der Waals surface area contributed by atoms with Crippen LogP contribution in [0.4, 0.5) is 13.2 Å². The number of phenols is 1. The standard InChI is InChI=1S/C13H9F3N2O3/c14-13(15,16)10-8(6-2-1-3-7(19)4-6)5-9(11(17)20)12(21)18-10/h1-5,19H,(H2,17,20)(H,18,21). The molecule has 0 saturated carbocycles. The highest BCUT2D eigenvalue weighted by Gasteiger charge is 2.36. The fraction of sp³-hybridized carbons (Fsp3) is 0.0769. The molecule has 8 heteroatoms. The van der Waals surface area contributed by atoms with Gasteiger partial charge in [-0.25, -0.2) is 0 Å². The Balaban J connectivity index is 2.81. The Bertz CT molecular complexity index is 766. The molecule has 0 saturated heterocycles. The van der Waals surface area contributed by atoms with E-state index in [1.165, 1.54) is 18.2 Å². The van der Waals surface area contributed by atoms with Crippen LogP contribution in [0.3, 0.4) is 0 Å². The number of rotatable bonds is 2. The van der Waals surface area contributed by atoms with E-state index in [-0.39, 0.29) is 11.3 Å². The van der Waals surface area contributed by atoms with E-state index in [1.54, 1.807) is 4.98 Å². The van der Waals surface area contributed by atoms with Crippen molar-refractivity contribution in [3.63, 3.8) is 0 Å². The van der Waals surface area contributed by atoms with Gasteiger partial charge in [0.05, 0.1) is 0 Å². The molecule has 1 aromatic heterocycles. The van der Waals surface area contributed by atoms with E-state index >= 15 is 0 Å². The topological polar surface area (TPSA) is 96.2 Å². The second-order valence-electron chi connectivity index (χ2n) is 4.21. The molecule has 0 aliphatic heterocycles. The smallest absolute Gasteiger partial charge is 0.431 e. The fourth-order valence-corrected chi connectivity index (χ4v) is 1.84. The number of benzene rings is 1. The number of amides is 1. The van der Waals surface area contributed by atoms with Crippen LogP contribution in [-0.2, 0) is 6.18 Å². The summed E-state index contributed by atoms with van der Waals surface area (Å²) in [7, 11) is 0. The van der Waals surface area contributed by atoms with Gasteiger partial charge in [-0.15, -0.1) is 0 Å². The number of primary amides is 1. The summed E-state index contributed by atoms with van der Waals surface area (Å²) in [5, 5.41) is 9.36. The van der Waals surface area contributed by atoms with Crippen molar-refractivity contribution >= 4 is 5.91 Å². The summed E-state index contributed by atoms with van der Waals surface area (Å²) in [5.74, 6) is -1.40. The van der Waals surface area contributed by atoms with E-state index in [1.807, 2.05) is 0 Å². The van der Waals surface area contributed by atoms with Gasteiger partial charge in [-0.05, 0) is 23.8 Å². The first-order chi connectivity index (χ1) is 9.70. The van der Waals surface area contributed by atoms with Crippen LogP contribution in [0.25, 0.3) is 11.1 Å². The summed E-state index contributed by atoms with van der Waals surface area (Å²) >= 11 is 0. The number of nitrogens with two attached hydrogens (primary N) is 1. The molecule has 0 bridgehead atoms. The van der Waals surface area contributed by atoms with Crippen molar-refractivity contribution < 1.29 is 23.1 Å². The third-order valence-electron chi connectivity index (χ3n) is 2.75. The average molecular weight is 298 g/mol. The van der Waals surface area contributed by atoms with Crippen molar-refractivity contribution in [1.82, 2.24) is 4.98 Å². The monoisotopic (exact) mass is 298 g/mol. The summed E-state index contributed by atoms with van der Waals surface area (Å²) in [4.78, 5) is 24.2. The fourth-order valence-electron chi connectivity index (χ4n) is 1.84. The summed E-state index contributed by atoms with van der Waals surface area (Å²) in [5.41, 5.74) is 1.36. The number of pyridine rings is 1. The molecule has 110 valence electrons. The number of aromatic nitrogens is 1. The van der Waals surface area contributed by atoms with E-state index in [9.17, 15) is 27.9 Å². The van der Waals surface area contributed by atoms with Gasteiger partial charge in [-0.2, -0.15) is 13.2 Å². The third kappa shape index (κ3) is 2.88. The van der Waals surface area contributed by atoms with Crippen molar-refractivity contribution in [2.45, 2.75) is 6.18 Å². The molecule has 21 heavy (non-hydrogen) atoms. The molecule has 0 radical (unpaired) electrons. The molecule has 0 aliphatic rings. The van der Waals surface area contributed by atoms with Gasteiger partial charge in [0.15, 0.2) is 0 Å². The summed E-state index contributed by atoms with van der Waals surface area (Å²) < 4.78 is 39.0. The lowest BCUT2D eigenvalue weighted by Gasteiger charge is -2.13. The van der Waals surface area contributed by atoms with Gasteiger partial charge in [-0.3, -0.25) is 9.59 Å². The lowest BCUT2D eigenvalue weighted by Crippen LogP contribution is -2.27. The molecule has 5 nitrogen and oxygen atoms in total. The average Bonchev–Trinajstić information content (AvgIpc) is 2.36. The Morgan fingerprint density at radius 2 is 1.90 bits per heavy atom. The molecule has 0 spiro atoms. The number of hydrogen-bond donors (Lipinski definition) is 3. The minimum absolute atomic E-state index is 0.0129. The van der Waals surface area contributed by atoms with E-state index in [2.05, 4.69) is 0 Å². The molecule has 1 aromatic carbocycles. The van der Waals surface area contributed by atoms with Crippen molar-refractivity contribution in [3.8, 4) is 16.9 Å². The lowest BCUT2D eigenvalue weighted by atomic mass is 10.0. The minimum Gasteiger partial charge on any atom is -0.508 e. The third-order valence-corrected chi connectivity index (χ3v) is 2.75. The summed E-state index contributed by atoms with van der Waals surface area (Å²) in [6, 6.07) is 5.75. The van der Waals surface area contributed by atoms with Gasteiger partial charge in [-0.1, -0.05) is 12.1 Å². The van der Waals surface area contributed by atoms with Crippen LogP contribution in [-0.4, -0.2) is 16.0 Å². The second kappa shape index (κ2) is 4.97. The zero-order chi connectivity index (χ0) is 15.8. The number of aromatic hydroxyl groups is 1. The van der Waals surface area contributed by atoms with Crippen LogP contribution < -0.4 is 11.3 Å². The number of alkyl halides is 3. The predicted octanol–water partition coefficient (Wildman–Crippen LogP) is 1.87. The maximum Gasteiger partial charge on any atom is 0.431 e. The van der Waals surface area contributed by atoms with E-state index in [0.717, 1.165) is 12.1 Å². The molecule has 0 unspecified atom stereocenters. The maximum absolute atomic E-state index is 13.0. The van der Waals surface area contributed by atoms with Crippen molar-refractivity contribution in [2.24, 2.45) is 5.73 Å². The highest BCUT2D eigenvalue weighted by molar-refractivity contribution is 5.94. The van der Waals surface area contributed by atoms with E-state index < -0.39 is 34.5 Å². The van der Waals surface area contributed by atoms with E-state index in [4.69, 9.17) is 5.73 Å². The number of halogens is 3. The molecule has 1 amide bonds. The second-order valence-corrected chi connectivity index (χ2v) is 4.21. The van der Waals surface area contributed by atoms with Crippen LogP contribution in [0.15, 0.2) is 35.1 Å². The highest BCUT2D eigenvalue weighted by Crippen LogP contribution is 2.36. The van der Waals surface area contributed by atoms with E-state index in [0.29, 0.717) is 0 Å². The van der Waals surface area contributed by atoms with Gasteiger partial charge >= 0.3 is 6.18 Å². The first-order valence-electron chi connectivity index (χ1n) is 5.64. The molecule has 2 rings (SSSR count). The lowest BCUT2D eigenvalue weighted by molar-refractivity contribution is -0.140. The largest absolute Gasteiger partial charge is 0.508 e. The zero-order valence-corrected chi connectivity index (χ0v) is 10.4.